The fourth-order valence-corrected chi connectivity index (χ4v) is 3.69. The first-order valence-electron chi connectivity index (χ1n) is 12.5. The molecular weight excluding hydrogens is 520 g/mol. The van der Waals surface area contributed by atoms with Crippen LogP contribution < -0.4 is 27.8 Å². The number of nitro groups is 1. The number of nitrogens with one attached hydrogen (secondary N) is 2. The zero-order valence-corrected chi connectivity index (χ0v) is 22.4. The molecule has 14 heteroatoms. The molecule has 40 heavy (non-hydrogen) atoms. The predicted molar refractivity (Wildman–Crippen MR) is 149 cm³/mol. The second kappa shape index (κ2) is 15.0. The zero-order valence-electron chi connectivity index (χ0n) is 22.4. The Balaban J connectivity index is 2.20. The van der Waals surface area contributed by atoms with E-state index in [0.717, 1.165) is 17.7 Å². The lowest BCUT2D eigenvalue weighted by atomic mass is 10.0. The summed E-state index contributed by atoms with van der Waals surface area (Å²) in [7, 11) is 3.49. The van der Waals surface area contributed by atoms with Gasteiger partial charge < -0.3 is 37.8 Å². The van der Waals surface area contributed by atoms with Gasteiger partial charge >= 0.3 is 5.69 Å². The molecule has 0 aliphatic carbocycles. The third-order valence-electron chi connectivity index (χ3n) is 5.99. The van der Waals surface area contributed by atoms with Crippen molar-refractivity contribution in [3.05, 3.63) is 69.8 Å². The average Bonchev–Trinajstić information content (AvgIpc) is 2.91. The van der Waals surface area contributed by atoms with Gasteiger partial charge in [-0.1, -0.05) is 36.4 Å². The van der Waals surface area contributed by atoms with Crippen LogP contribution in [0.15, 0.2) is 53.5 Å². The lowest BCUT2D eigenvalue weighted by Crippen LogP contribution is -2.56. The highest BCUT2D eigenvalue weighted by atomic mass is 16.6. The first-order chi connectivity index (χ1) is 18.9. The largest absolute Gasteiger partial charge is 0.502 e. The Hall–Kier alpha value is -4.72. The molecule has 2 rings (SSSR count). The van der Waals surface area contributed by atoms with E-state index in [4.69, 9.17) is 17.2 Å². The Morgan fingerprint density at radius 1 is 1.00 bits per heavy atom. The van der Waals surface area contributed by atoms with Gasteiger partial charge in [0.05, 0.1) is 11.0 Å². The first-order valence-corrected chi connectivity index (χ1v) is 12.5. The van der Waals surface area contributed by atoms with Crippen molar-refractivity contribution in [2.24, 2.45) is 22.2 Å². The lowest BCUT2D eigenvalue weighted by molar-refractivity contribution is -0.385. The molecule has 0 bridgehead atoms. The number of benzene rings is 2. The number of carbonyl (C=O) groups excluding carboxylic acids is 3. The number of guanidine groups is 1. The molecule has 3 atom stereocenters. The average molecular weight is 557 g/mol. The van der Waals surface area contributed by atoms with Crippen molar-refractivity contribution in [1.29, 1.82) is 0 Å². The number of phenols is 1. The zero-order chi connectivity index (χ0) is 29.8. The van der Waals surface area contributed by atoms with Gasteiger partial charge in [-0.15, -0.1) is 0 Å². The van der Waals surface area contributed by atoms with Crippen LogP contribution in [0, 0.1) is 10.1 Å². The number of carbonyl (C=O) groups is 3. The highest BCUT2D eigenvalue weighted by Gasteiger charge is 2.28. The minimum atomic E-state index is -1.26. The molecular formula is C26H36N8O6. The van der Waals surface area contributed by atoms with Crippen molar-refractivity contribution in [2.75, 3.05) is 20.6 Å². The number of phenolic OH excluding ortho intramolecular Hbond substituents is 1. The summed E-state index contributed by atoms with van der Waals surface area (Å²) in [4.78, 5) is 54.6. The van der Waals surface area contributed by atoms with Crippen molar-refractivity contribution in [3.8, 4) is 5.75 Å². The van der Waals surface area contributed by atoms with Crippen LogP contribution in [0.4, 0.5) is 5.69 Å². The third-order valence-corrected chi connectivity index (χ3v) is 5.99. The fraction of sp³-hybridized carbons (Fsp3) is 0.385. The molecule has 0 radical (unpaired) electrons. The Morgan fingerprint density at radius 3 is 2.23 bits per heavy atom. The van der Waals surface area contributed by atoms with Gasteiger partial charge in [0, 0.05) is 39.5 Å². The summed E-state index contributed by atoms with van der Waals surface area (Å²) >= 11 is 0. The summed E-state index contributed by atoms with van der Waals surface area (Å²) < 4.78 is 0. The molecule has 2 aromatic rings. The van der Waals surface area contributed by atoms with E-state index in [-0.39, 0.29) is 24.8 Å². The van der Waals surface area contributed by atoms with Crippen LogP contribution in [0.3, 0.4) is 0 Å². The van der Waals surface area contributed by atoms with E-state index in [9.17, 15) is 29.6 Å². The number of aliphatic imine (C=N–C) groups is 1. The van der Waals surface area contributed by atoms with E-state index >= 15 is 0 Å². The summed E-state index contributed by atoms with van der Waals surface area (Å²) in [5, 5.41) is 26.2. The number of nitrogens with zero attached hydrogens (tertiary/aromatic N) is 3. The molecule has 0 spiro atoms. The maximum atomic E-state index is 13.3. The molecule has 0 aliphatic rings. The Bertz CT molecular complexity index is 1220. The summed E-state index contributed by atoms with van der Waals surface area (Å²) in [5.74, 6) is -2.37. The monoisotopic (exact) mass is 556 g/mol. The molecule has 2 aromatic carbocycles. The van der Waals surface area contributed by atoms with Crippen molar-refractivity contribution in [3.63, 3.8) is 0 Å². The Labute approximate surface area is 231 Å². The predicted octanol–water partition coefficient (Wildman–Crippen LogP) is -0.476. The highest BCUT2D eigenvalue weighted by Crippen LogP contribution is 2.26. The molecule has 14 nitrogen and oxygen atoms in total. The molecule has 0 unspecified atom stereocenters. The number of rotatable bonds is 14. The lowest BCUT2D eigenvalue weighted by Gasteiger charge is -2.23. The maximum absolute atomic E-state index is 13.3. The number of primary amides is 1. The third kappa shape index (κ3) is 9.87. The molecule has 216 valence electrons. The molecule has 0 fully saturated rings. The van der Waals surface area contributed by atoms with Crippen LogP contribution in [-0.2, 0) is 27.2 Å². The van der Waals surface area contributed by atoms with Crippen molar-refractivity contribution in [2.45, 2.75) is 43.8 Å². The Kier molecular flexibility index (Phi) is 11.8. The SMILES string of the molecule is CN(C)C(N)=NCCC[C@H](N)C(=O)N[C@@H](Cc1ccc(O)c([N+](=O)[O-])c1)C(=O)N[C@@H](Cc1ccccc1)C(N)=O. The molecule has 0 aliphatic heterocycles. The van der Waals surface area contributed by atoms with Crippen molar-refractivity contribution >= 4 is 29.4 Å². The summed E-state index contributed by atoms with van der Waals surface area (Å²) in [6.07, 6.45) is 0.618. The van der Waals surface area contributed by atoms with Crippen LogP contribution in [0.5, 0.6) is 5.75 Å². The quantitative estimate of drug-likeness (QED) is 0.0579. The van der Waals surface area contributed by atoms with Crippen LogP contribution in [-0.4, -0.2) is 77.4 Å². The van der Waals surface area contributed by atoms with Crippen LogP contribution in [0.25, 0.3) is 0 Å². The summed E-state index contributed by atoms with van der Waals surface area (Å²) in [6.45, 7) is 0.339. The number of nitrogens with two attached hydrogens (primary N) is 3. The van der Waals surface area contributed by atoms with E-state index in [0.29, 0.717) is 18.9 Å². The molecule has 0 aromatic heterocycles. The molecule has 0 saturated carbocycles. The van der Waals surface area contributed by atoms with E-state index in [2.05, 4.69) is 15.6 Å². The minimum Gasteiger partial charge on any atom is -0.502 e. The van der Waals surface area contributed by atoms with E-state index in [1.807, 2.05) is 0 Å². The van der Waals surface area contributed by atoms with Crippen molar-refractivity contribution in [1.82, 2.24) is 15.5 Å². The van der Waals surface area contributed by atoms with Gasteiger partial charge in [0.15, 0.2) is 11.7 Å². The normalized spacial score (nSPS) is 13.5. The minimum absolute atomic E-state index is 0.114. The summed E-state index contributed by atoms with van der Waals surface area (Å²) in [6, 6.07) is 9.17. The standard InChI is InChI=1S/C26H36N8O6/c1-33(2)26(29)30-12-6-9-18(27)24(37)32-20(14-17-10-11-22(35)21(15-17)34(39)40)25(38)31-19(23(28)36)13-16-7-4-3-5-8-16/h3-5,7-8,10-11,15,18-20,35H,6,9,12-14,27H2,1-2H3,(H2,28,36)(H2,29,30)(H,31,38)(H,32,37)/t18-,19-,20-/m0/s1. The second-order valence-electron chi connectivity index (χ2n) is 9.38. The van der Waals surface area contributed by atoms with E-state index < -0.39 is 52.2 Å². The molecule has 9 N–H and O–H groups in total. The van der Waals surface area contributed by atoms with Gasteiger partial charge in [-0.3, -0.25) is 29.5 Å². The molecule has 3 amide bonds. The number of nitro benzene ring substituents is 1. The van der Waals surface area contributed by atoms with Gasteiger partial charge in [0.1, 0.15) is 12.1 Å². The number of aromatic hydroxyl groups is 1. The highest BCUT2D eigenvalue weighted by molar-refractivity contribution is 5.93. The van der Waals surface area contributed by atoms with Crippen molar-refractivity contribution < 1.29 is 24.4 Å². The second-order valence-corrected chi connectivity index (χ2v) is 9.38. The smallest absolute Gasteiger partial charge is 0.310 e. The van der Waals surface area contributed by atoms with Crippen LogP contribution in [0.2, 0.25) is 0 Å². The number of hydrogen-bond acceptors (Lipinski definition) is 8. The van der Waals surface area contributed by atoms with Gasteiger partial charge in [-0.25, -0.2) is 0 Å². The van der Waals surface area contributed by atoms with Gasteiger partial charge in [0.25, 0.3) is 0 Å². The fourth-order valence-electron chi connectivity index (χ4n) is 3.69. The first kappa shape index (κ1) is 31.5. The van der Waals surface area contributed by atoms with Gasteiger partial charge in [-0.2, -0.15) is 0 Å². The number of hydrogen-bond donors (Lipinski definition) is 6. The molecule has 0 saturated heterocycles. The Morgan fingerprint density at radius 2 is 1.62 bits per heavy atom. The topological polar surface area (TPSA) is 232 Å². The molecule has 0 heterocycles. The summed E-state index contributed by atoms with van der Waals surface area (Å²) in [5.41, 5.74) is 17.8. The van der Waals surface area contributed by atoms with Gasteiger partial charge in [0.2, 0.25) is 17.7 Å². The van der Waals surface area contributed by atoms with E-state index in [1.54, 1.807) is 49.3 Å². The maximum Gasteiger partial charge on any atom is 0.310 e. The van der Waals surface area contributed by atoms with E-state index in [1.165, 1.54) is 6.07 Å². The number of amides is 3. The van der Waals surface area contributed by atoms with Gasteiger partial charge in [-0.05, 0) is 30.0 Å². The van der Waals surface area contributed by atoms with Crippen LogP contribution >= 0.6 is 0 Å². The van der Waals surface area contributed by atoms with Crippen LogP contribution in [0.1, 0.15) is 24.0 Å².